The summed E-state index contributed by atoms with van der Waals surface area (Å²) in [6.07, 6.45) is 12.3. The molecule has 152 valence electrons. The van der Waals surface area contributed by atoms with Crippen molar-refractivity contribution in [3.63, 3.8) is 0 Å². The van der Waals surface area contributed by atoms with Crippen molar-refractivity contribution < 1.29 is 18.6 Å². The first-order valence-electron chi connectivity index (χ1n) is 9.94. The lowest BCUT2D eigenvalue weighted by atomic mass is 10.1. The second-order valence-electron chi connectivity index (χ2n) is 6.95. The highest BCUT2D eigenvalue weighted by atomic mass is 19.2. The lowest BCUT2D eigenvalue weighted by Crippen LogP contribution is -2.08. The summed E-state index contributed by atoms with van der Waals surface area (Å²) in [4.78, 5) is 4.28. The van der Waals surface area contributed by atoms with E-state index >= 15 is 0 Å². The fourth-order valence-corrected chi connectivity index (χ4v) is 2.87. The highest BCUT2D eigenvalue weighted by Gasteiger charge is 2.14. The summed E-state index contributed by atoms with van der Waals surface area (Å²) in [5.74, 6) is -3.02. The van der Waals surface area contributed by atoms with E-state index in [1.807, 2.05) is 6.08 Å². The Morgan fingerprint density at radius 2 is 1.93 bits per heavy atom. The molecule has 0 fully saturated rings. The smallest absolute Gasteiger partial charge is 0.200 e. The van der Waals surface area contributed by atoms with Crippen molar-refractivity contribution in [1.29, 1.82) is 0 Å². The highest BCUT2D eigenvalue weighted by Crippen LogP contribution is 2.28. The van der Waals surface area contributed by atoms with Gasteiger partial charge in [-0.25, -0.2) is 4.39 Å². The molecule has 2 aromatic rings. The molecule has 3 nitrogen and oxygen atoms in total. The summed E-state index contributed by atoms with van der Waals surface area (Å²) in [6.45, 7) is 5.14. The van der Waals surface area contributed by atoms with Crippen LogP contribution in [0.2, 0.25) is 0 Å². The van der Waals surface area contributed by atoms with Crippen LogP contribution in [0, 0.1) is 11.6 Å². The standard InChI is InChI=1S/C23H29F2NO2/c1-3-4-8-15-28-17(2)9-6-5-7-10-19-12-11-18(16-26-19)20-13-14-21(27)23(25)22(20)24/h7,10-14,16-17,27H,3-6,8-9,15H2,1-2H3/b10-7+. The van der Waals surface area contributed by atoms with Crippen LogP contribution in [-0.2, 0) is 4.74 Å². The van der Waals surface area contributed by atoms with Gasteiger partial charge in [-0.05, 0) is 56.9 Å². The van der Waals surface area contributed by atoms with Crippen LogP contribution in [0.4, 0.5) is 8.78 Å². The van der Waals surface area contributed by atoms with Crippen LogP contribution in [0.25, 0.3) is 17.2 Å². The van der Waals surface area contributed by atoms with Crippen molar-refractivity contribution in [2.75, 3.05) is 6.61 Å². The van der Waals surface area contributed by atoms with Gasteiger partial charge in [-0.1, -0.05) is 31.9 Å². The maximum atomic E-state index is 13.9. The Labute approximate surface area is 166 Å². The molecule has 1 heterocycles. The fourth-order valence-electron chi connectivity index (χ4n) is 2.87. The third-order valence-corrected chi connectivity index (χ3v) is 4.58. The minimum Gasteiger partial charge on any atom is -0.505 e. The Hall–Kier alpha value is -2.27. The first kappa shape index (κ1) is 22.0. The van der Waals surface area contributed by atoms with Crippen LogP contribution in [-0.4, -0.2) is 22.8 Å². The Bertz CT molecular complexity index is 760. The summed E-state index contributed by atoms with van der Waals surface area (Å²) < 4.78 is 33.2. The number of pyridine rings is 1. The Kier molecular flexibility index (Phi) is 9.08. The zero-order valence-corrected chi connectivity index (χ0v) is 16.6. The van der Waals surface area contributed by atoms with Gasteiger partial charge in [0.2, 0.25) is 5.82 Å². The molecule has 28 heavy (non-hydrogen) atoms. The van der Waals surface area contributed by atoms with Gasteiger partial charge >= 0.3 is 0 Å². The number of ether oxygens (including phenoxy) is 1. The number of phenols is 1. The summed E-state index contributed by atoms with van der Waals surface area (Å²) >= 11 is 0. The number of hydrogen-bond donors (Lipinski definition) is 1. The normalized spacial score (nSPS) is 12.6. The van der Waals surface area contributed by atoms with Gasteiger partial charge in [0.05, 0.1) is 11.8 Å². The van der Waals surface area contributed by atoms with E-state index in [0.717, 1.165) is 44.1 Å². The lowest BCUT2D eigenvalue weighted by Gasteiger charge is -2.11. The van der Waals surface area contributed by atoms with E-state index in [9.17, 15) is 13.9 Å². The van der Waals surface area contributed by atoms with Gasteiger partial charge in [0.1, 0.15) is 0 Å². The monoisotopic (exact) mass is 389 g/mol. The molecule has 0 aliphatic carbocycles. The van der Waals surface area contributed by atoms with Gasteiger partial charge in [-0.2, -0.15) is 4.39 Å². The molecule has 0 saturated carbocycles. The summed E-state index contributed by atoms with van der Waals surface area (Å²) in [6, 6.07) is 5.92. The van der Waals surface area contributed by atoms with Gasteiger partial charge < -0.3 is 9.84 Å². The Morgan fingerprint density at radius 1 is 1.11 bits per heavy atom. The number of phenolic OH excluding ortho intramolecular Hbond substituents is 1. The van der Waals surface area contributed by atoms with Crippen molar-refractivity contribution in [3.8, 4) is 16.9 Å². The molecule has 2 rings (SSSR count). The van der Waals surface area contributed by atoms with Crippen LogP contribution in [0.3, 0.4) is 0 Å². The lowest BCUT2D eigenvalue weighted by molar-refractivity contribution is 0.0566. The quantitative estimate of drug-likeness (QED) is 0.445. The highest BCUT2D eigenvalue weighted by molar-refractivity contribution is 5.65. The first-order chi connectivity index (χ1) is 13.5. The maximum Gasteiger partial charge on any atom is 0.200 e. The van der Waals surface area contributed by atoms with Crippen molar-refractivity contribution in [1.82, 2.24) is 4.98 Å². The fraction of sp³-hybridized carbons (Fsp3) is 0.435. The molecule has 0 bridgehead atoms. The van der Waals surface area contributed by atoms with E-state index in [2.05, 4.69) is 24.9 Å². The van der Waals surface area contributed by atoms with E-state index in [-0.39, 0.29) is 11.7 Å². The number of aromatic hydroxyl groups is 1. The molecular weight excluding hydrogens is 360 g/mol. The van der Waals surface area contributed by atoms with Crippen LogP contribution < -0.4 is 0 Å². The van der Waals surface area contributed by atoms with Gasteiger partial charge in [0, 0.05) is 23.9 Å². The zero-order chi connectivity index (χ0) is 20.4. The summed E-state index contributed by atoms with van der Waals surface area (Å²) in [5.41, 5.74) is 1.29. The molecule has 0 aliphatic rings. The summed E-state index contributed by atoms with van der Waals surface area (Å²) in [5, 5.41) is 9.21. The van der Waals surface area contributed by atoms with Crippen molar-refractivity contribution in [2.45, 2.75) is 58.5 Å². The van der Waals surface area contributed by atoms with E-state index < -0.39 is 17.4 Å². The van der Waals surface area contributed by atoms with Crippen molar-refractivity contribution in [2.24, 2.45) is 0 Å². The minimum absolute atomic E-state index is 0.0752. The minimum atomic E-state index is -1.25. The van der Waals surface area contributed by atoms with Gasteiger partial charge in [-0.3, -0.25) is 4.98 Å². The predicted molar refractivity (Wildman–Crippen MR) is 109 cm³/mol. The van der Waals surface area contributed by atoms with Gasteiger partial charge in [0.15, 0.2) is 11.6 Å². The third kappa shape index (κ3) is 6.71. The number of nitrogens with zero attached hydrogens (tertiary/aromatic N) is 1. The number of unbranched alkanes of at least 4 members (excludes halogenated alkanes) is 3. The van der Waals surface area contributed by atoms with Gasteiger partial charge in [0.25, 0.3) is 0 Å². The van der Waals surface area contributed by atoms with Crippen LogP contribution >= 0.6 is 0 Å². The largest absolute Gasteiger partial charge is 0.505 e. The van der Waals surface area contributed by atoms with Crippen molar-refractivity contribution >= 4 is 6.08 Å². The zero-order valence-electron chi connectivity index (χ0n) is 16.6. The Morgan fingerprint density at radius 3 is 2.64 bits per heavy atom. The number of benzene rings is 1. The van der Waals surface area contributed by atoms with Crippen LogP contribution in [0.5, 0.6) is 5.75 Å². The molecule has 1 atom stereocenters. The molecule has 0 amide bonds. The van der Waals surface area contributed by atoms with E-state index in [1.54, 1.807) is 12.1 Å². The maximum absolute atomic E-state index is 13.9. The molecule has 1 aromatic heterocycles. The predicted octanol–water partition coefficient (Wildman–Crippen LogP) is 6.51. The molecule has 5 heteroatoms. The third-order valence-electron chi connectivity index (χ3n) is 4.58. The van der Waals surface area contributed by atoms with E-state index in [1.165, 1.54) is 25.1 Å². The number of halogens is 2. The number of aromatic nitrogens is 1. The molecule has 0 aliphatic heterocycles. The van der Waals surface area contributed by atoms with Crippen molar-refractivity contribution in [3.05, 3.63) is 53.9 Å². The molecule has 0 saturated heterocycles. The number of rotatable bonds is 11. The molecule has 1 aromatic carbocycles. The first-order valence-corrected chi connectivity index (χ1v) is 9.94. The second-order valence-corrected chi connectivity index (χ2v) is 6.95. The Balaban J connectivity index is 1.79. The molecule has 0 radical (unpaired) electrons. The average molecular weight is 389 g/mol. The molecular formula is C23H29F2NO2. The second kappa shape index (κ2) is 11.5. The molecule has 1 N–H and O–H groups in total. The SMILES string of the molecule is CCCCCOC(C)CCC/C=C/c1ccc(-c2ccc(O)c(F)c2F)cn1. The number of hydrogen-bond acceptors (Lipinski definition) is 3. The van der Waals surface area contributed by atoms with Gasteiger partial charge in [-0.15, -0.1) is 0 Å². The topological polar surface area (TPSA) is 42.4 Å². The molecule has 1 unspecified atom stereocenters. The van der Waals surface area contributed by atoms with Crippen LogP contribution in [0.15, 0.2) is 36.5 Å². The summed E-state index contributed by atoms with van der Waals surface area (Å²) in [7, 11) is 0. The van der Waals surface area contributed by atoms with E-state index in [4.69, 9.17) is 4.74 Å². The van der Waals surface area contributed by atoms with Crippen LogP contribution in [0.1, 0.15) is 58.1 Å². The molecule has 0 spiro atoms. The van der Waals surface area contributed by atoms with E-state index in [0.29, 0.717) is 5.56 Å². The average Bonchev–Trinajstić information content (AvgIpc) is 2.70. The number of allylic oxidation sites excluding steroid dienone is 1.